The van der Waals surface area contributed by atoms with E-state index < -0.39 is 35.1 Å². The summed E-state index contributed by atoms with van der Waals surface area (Å²) >= 11 is 0. The van der Waals surface area contributed by atoms with Gasteiger partial charge in [-0.05, 0) is 19.1 Å². The van der Waals surface area contributed by atoms with Crippen molar-refractivity contribution in [2.75, 3.05) is 0 Å². The zero-order chi connectivity index (χ0) is 12.3. The van der Waals surface area contributed by atoms with E-state index in [9.17, 15) is 18.4 Å². The molecule has 2 amide bonds. The van der Waals surface area contributed by atoms with Crippen molar-refractivity contribution in [2.45, 2.75) is 13.0 Å². The third-order valence-electron chi connectivity index (χ3n) is 1.97. The first-order valence-electron chi connectivity index (χ1n) is 4.47. The number of benzene rings is 1. The fourth-order valence-corrected chi connectivity index (χ4v) is 1.02. The van der Waals surface area contributed by atoms with Crippen molar-refractivity contribution in [1.29, 1.82) is 0 Å². The van der Waals surface area contributed by atoms with Crippen LogP contribution in [0.4, 0.5) is 8.78 Å². The second-order valence-corrected chi connectivity index (χ2v) is 3.20. The number of rotatable bonds is 3. The molecule has 6 heteroatoms. The van der Waals surface area contributed by atoms with Crippen LogP contribution in [0, 0.1) is 11.6 Å². The molecule has 0 saturated carbocycles. The maximum Gasteiger partial charge on any atom is 0.255 e. The molecule has 0 aromatic heterocycles. The minimum atomic E-state index is -1.25. The van der Waals surface area contributed by atoms with E-state index in [0.29, 0.717) is 0 Å². The predicted octanol–water partition coefficient (Wildman–Crippen LogP) is 0.568. The zero-order valence-electron chi connectivity index (χ0n) is 8.46. The largest absolute Gasteiger partial charge is 0.368 e. The number of nitrogens with one attached hydrogen (secondary N) is 1. The summed E-state index contributed by atoms with van der Waals surface area (Å²) in [6.07, 6.45) is 0. The lowest BCUT2D eigenvalue weighted by atomic mass is 10.2. The van der Waals surface area contributed by atoms with Gasteiger partial charge in [-0.25, -0.2) is 8.78 Å². The molecule has 0 aliphatic heterocycles. The Bertz CT molecular complexity index is 435. The molecule has 1 aromatic rings. The van der Waals surface area contributed by atoms with Crippen LogP contribution < -0.4 is 11.1 Å². The molecule has 0 bridgehead atoms. The van der Waals surface area contributed by atoms with Gasteiger partial charge < -0.3 is 11.1 Å². The highest BCUT2D eigenvalue weighted by Crippen LogP contribution is 2.11. The maximum absolute atomic E-state index is 13.2. The summed E-state index contributed by atoms with van der Waals surface area (Å²) in [5.41, 5.74) is 4.44. The van der Waals surface area contributed by atoms with Gasteiger partial charge in [0, 0.05) is 0 Å². The smallest absolute Gasteiger partial charge is 0.255 e. The van der Waals surface area contributed by atoms with Crippen molar-refractivity contribution in [3.05, 3.63) is 35.4 Å². The van der Waals surface area contributed by atoms with Crippen molar-refractivity contribution >= 4 is 11.8 Å². The number of carbonyl (C=O) groups excluding carboxylic acids is 2. The van der Waals surface area contributed by atoms with Crippen LogP contribution in [0.25, 0.3) is 0 Å². The number of amides is 2. The SMILES string of the molecule is C[C@@H](NC(=O)c1cccc(F)c1F)C(N)=O. The van der Waals surface area contributed by atoms with Crippen molar-refractivity contribution < 1.29 is 18.4 Å². The van der Waals surface area contributed by atoms with Crippen LogP contribution in [0.5, 0.6) is 0 Å². The van der Waals surface area contributed by atoms with Crippen LogP contribution >= 0.6 is 0 Å². The Morgan fingerprint density at radius 2 is 2.00 bits per heavy atom. The van der Waals surface area contributed by atoms with E-state index in [1.54, 1.807) is 0 Å². The Morgan fingerprint density at radius 1 is 1.38 bits per heavy atom. The van der Waals surface area contributed by atoms with Crippen LogP contribution in [-0.4, -0.2) is 17.9 Å². The van der Waals surface area contributed by atoms with E-state index in [2.05, 4.69) is 5.32 Å². The maximum atomic E-state index is 13.2. The third kappa shape index (κ3) is 2.53. The van der Waals surface area contributed by atoms with Crippen LogP contribution in [0.15, 0.2) is 18.2 Å². The van der Waals surface area contributed by atoms with Gasteiger partial charge in [-0.1, -0.05) is 6.07 Å². The molecular weight excluding hydrogens is 218 g/mol. The average Bonchev–Trinajstić information content (AvgIpc) is 2.21. The van der Waals surface area contributed by atoms with Gasteiger partial charge in [0.25, 0.3) is 5.91 Å². The monoisotopic (exact) mass is 228 g/mol. The second-order valence-electron chi connectivity index (χ2n) is 3.20. The summed E-state index contributed by atoms with van der Waals surface area (Å²) < 4.78 is 25.9. The molecular formula is C10H10F2N2O2. The number of hydrogen-bond donors (Lipinski definition) is 2. The van der Waals surface area contributed by atoms with Gasteiger partial charge in [-0.3, -0.25) is 9.59 Å². The lowest BCUT2D eigenvalue weighted by Gasteiger charge is -2.10. The summed E-state index contributed by atoms with van der Waals surface area (Å²) in [5.74, 6) is -4.02. The summed E-state index contributed by atoms with van der Waals surface area (Å²) in [4.78, 5) is 22.1. The van der Waals surface area contributed by atoms with Gasteiger partial charge >= 0.3 is 0 Å². The lowest BCUT2D eigenvalue weighted by molar-refractivity contribution is -0.119. The highest BCUT2D eigenvalue weighted by molar-refractivity contribution is 5.97. The minimum absolute atomic E-state index is 0.465. The Labute approximate surface area is 90.4 Å². The van der Waals surface area contributed by atoms with Gasteiger partial charge in [0.15, 0.2) is 11.6 Å². The second kappa shape index (κ2) is 4.69. The molecule has 4 nitrogen and oxygen atoms in total. The highest BCUT2D eigenvalue weighted by Gasteiger charge is 2.18. The highest BCUT2D eigenvalue weighted by atomic mass is 19.2. The van der Waals surface area contributed by atoms with Crippen molar-refractivity contribution in [1.82, 2.24) is 5.32 Å². The summed E-state index contributed by atoms with van der Waals surface area (Å²) in [6, 6.07) is 2.25. The standard InChI is InChI=1S/C10H10F2N2O2/c1-5(9(13)15)14-10(16)6-3-2-4-7(11)8(6)12/h2-5H,1H3,(H2,13,15)(H,14,16)/t5-/m1/s1. The molecule has 0 saturated heterocycles. The van der Waals surface area contributed by atoms with Crippen molar-refractivity contribution in [2.24, 2.45) is 5.73 Å². The van der Waals surface area contributed by atoms with E-state index in [1.807, 2.05) is 0 Å². The Balaban J connectivity index is 2.89. The molecule has 3 N–H and O–H groups in total. The molecule has 1 rings (SSSR count). The lowest BCUT2D eigenvalue weighted by Crippen LogP contribution is -2.42. The Hall–Kier alpha value is -1.98. The third-order valence-corrected chi connectivity index (χ3v) is 1.97. The fourth-order valence-electron chi connectivity index (χ4n) is 1.02. The van der Waals surface area contributed by atoms with Crippen LogP contribution in [-0.2, 0) is 4.79 Å². The molecule has 0 aliphatic rings. The van der Waals surface area contributed by atoms with E-state index in [-0.39, 0.29) is 0 Å². The van der Waals surface area contributed by atoms with Crippen molar-refractivity contribution in [3.8, 4) is 0 Å². The normalized spacial score (nSPS) is 11.9. The topological polar surface area (TPSA) is 72.2 Å². The van der Waals surface area contributed by atoms with Gasteiger partial charge in [-0.2, -0.15) is 0 Å². The predicted molar refractivity (Wildman–Crippen MR) is 52.5 cm³/mol. The summed E-state index contributed by atoms with van der Waals surface area (Å²) in [7, 11) is 0. The Morgan fingerprint density at radius 3 is 2.56 bits per heavy atom. The first kappa shape index (κ1) is 12.1. The molecule has 86 valence electrons. The number of nitrogens with two attached hydrogens (primary N) is 1. The zero-order valence-corrected chi connectivity index (χ0v) is 8.46. The molecule has 0 unspecified atom stereocenters. The van der Waals surface area contributed by atoms with Crippen LogP contribution in [0.3, 0.4) is 0 Å². The molecule has 1 atom stereocenters. The summed E-state index contributed by atoms with van der Waals surface area (Å²) in [5, 5.41) is 2.14. The average molecular weight is 228 g/mol. The Kier molecular flexibility index (Phi) is 3.55. The number of hydrogen-bond acceptors (Lipinski definition) is 2. The van der Waals surface area contributed by atoms with Crippen LogP contribution in [0.1, 0.15) is 17.3 Å². The van der Waals surface area contributed by atoms with E-state index in [0.717, 1.165) is 12.1 Å². The fraction of sp³-hybridized carbons (Fsp3) is 0.200. The molecule has 0 radical (unpaired) electrons. The summed E-state index contributed by atoms with van der Waals surface area (Å²) in [6.45, 7) is 1.34. The van der Waals surface area contributed by atoms with Crippen LogP contribution in [0.2, 0.25) is 0 Å². The number of primary amides is 1. The van der Waals surface area contributed by atoms with E-state index in [4.69, 9.17) is 5.73 Å². The number of carbonyl (C=O) groups is 2. The molecule has 0 fully saturated rings. The van der Waals surface area contributed by atoms with Crippen molar-refractivity contribution in [3.63, 3.8) is 0 Å². The van der Waals surface area contributed by atoms with Gasteiger partial charge in [0.05, 0.1) is 5.56 Å². The van der Waals surface area contributed by atoms with E-state index in [1.165, 1.54) is 13.0 Å². The van der Waals surface area contributed by atoms with Gasteiger partial charge in [0.1, 0.15) is 6.04 Å². The minimum Gasteiger partial charge on any atom is -0.368 e. The first-order valence-corrected chi connectivity index (χ1v) is 4.47. The molecule has 16 heavy (non-hydrogen) atoms. The number of halogens is 2. The molecule has 0 spiro atoms. The molecule has 0 heterocycles. The quantitative estimate of drug-likeness (QED) is 0.793. The van der Waals surface area contributed by atoms with Gasteiger partial charge in [0.2, 0.25) is 5.91 Å². The van der Waals surface area contributed by atoms with E-state index >= 15 is 0 Å². The molecule has 0 aliphatic carbocycles. The van der Waals surface area contributed by atoms with Gasteiger partial charge in [-0.15, -0.1) is 0 Å². The molecule has 1 aromatic carbocycles. The first-order chi connectivity index (χ1) is 7.43.